The third kappa shape index (κ3) is 9.03. The van der Waals surface area contributed by atoms with E-state index in [0.29, 0.717) is 17.6 Å². The SMILES string of the molecule is CCC(C)c1ccc(C(C)(C)O)cc1.CCC(C)c1ccc(O)cc1.c1ccc([S+]2c3ccccc3Oc3ccccc32)cc1. The summed E-state index contributed by atoms with van der Waals surface area (Å²) in [5.41, 5.74) is 2.89. The predicted octanol–water partition coefficient (Wildman–Crippen LogP) is 11.2. The molecule has 3 nitrogen and oxygen atoms in total. The third-order valence-corrected chi connectivity index (χ3v) is 10.5. The summed E-state index contributed by atoms with van der Waals surface area (Å²) in [6, 6.07) is 43.0. The van der Waals surface area contributed by atoms with Crippen LogP contribution in [0.25, 0.3) is 0 Å². The first-order valence-corrected chi connectivity index (χ1v) is 17.1. The Morgan fingerprint density at radius 3 is 1.47 bits per heavy atom. The molecule has 0 amide bonds. The number of hydrogen-bond donors (Lipinski definition) is 2. The van der Waals surface area contributed by atoms with Crippen LogP contribution in [-0.4, -0.2) is 10.2 Å². The molecule has 2 N–H and O–H groups in total. The maximum absolute atomic E-state index is 9.78. The first-order valence-electron chi connectivity index (χ1n) is 15.9. The topological polar surface area (TPSA) is 49.7 Å². The van der Waals surface area contributed by atoms with Crippen LogP contribution in [0.15, 0.2) is 142 Å². The molecule has 0 saturated heterocycles. The maximum atomic E-state index is 9.78. The van der Waals surface area contributed by atoms with Crippen molar-refractivity contribution in [2.45, 2.75) is 86.5 Å². The second-order valence-corrected chi connectivity index (χ2v) is 14.0. The molecule has 45 heavy (non-hydrogen) atoms. The van der Waals surface area contributed by atoms with Gasteiger partial charge in [0.15, 0.2) is 16.4 Å². The number of para-hydroxylation sites is 2. The van der Waals surface area contributed by atoms with Gasteiger partial charge in [-0.1, -0.05) is 107 Å². The molecule has 0 fully saturated rings. The van der Waals surface area contributed by atoms with Crippen molar-refractivity contribution in [2.75, 3.05) is 0 Å². The average molecular weight is 620 g/mol. The van der Waals surface area contributed by atoms with Crippen LogP contribution in [0.4, 0.5) is 0 Å². The average Bonchev–Trinajstić information content (AvgIpc) is 3.07. The maximum Gasteiger partial charge on any atom is 0.209 e. The highest BCUT2D eigenvalue weighted by molar-refractivity contribution is 7.97. The summed E-state index contributed by atoms with van der Waals surface area (Å²) in [6.07, 6.45) is 2.30. The van der Waals surface area contributed by atoms with Crippen molar-refractivity contribution in [1.82, 2.24) is 0 Å². The van der Waals surface area contributed by atoms with Gasteiger partial charge in [-0.3, -0.25) is 0 Å². The second-order valence-electron chi connectivity index (χ2n) is 12.0. The third-order valence-electron chi connectivity index (χ3n) is 8.21. The van der Waals surface area contributed by atoms with Crippen LogP contribution in [0, 0.1) is 0 Å². The van der Waals surface area contributed by atoms with Crippen LogP contribution in [0.2, 0.25) is 0 Å². The minimum Gasteiger partial charge on any atom is -0.508 e. The van der Waals surface area contributed by atoms with Gasteiger partial charge in [-0.25, -0.2) is 0 Å². The molecule has 0 aromatic heterocycles. The molecule has 1 heterocycles. The van der Waals surface area contributed by atoms with Crippen molar-refractivity contribution in [1.29, 1.82) is 0 Å². The lowest BCUT2D eigenvalue weighted by molar-refractivity contribution is 0.0786. The minimum absolute atomic E-state index is 0.0829. The Hall–Kier alpha value is -3.99. The van der Waals surface area contributed by atoms with Gasteiger partial charge in [0, 0.05) is 0 Å². The summed E-state index contributed by atoms with van der Waals surface area (Å²) in [7, 11) is -0.0829. The van der Waals surface area contributed by atoms with E-state index in [9.17, 15) is 5.11 Å². The zero-order valence-corrected chi connectivity index (χ0v) is 28.2. The molecule has 0 spiro atoms. The highest BCUT2D eigenvalue weighted by atomic mass is 32.2. The highest BCUT2D eigenvalue weighted by Crippen LogP contribution is 2.46. The number of hydrogen-bond acceptors (Lipinski definition) is 3. The van der Waals surface area contributed by atoms with E-state index < -0.39 is 5.60 Å². The second kappa shape index (κ2) is 15.8. The molecule has 0 aliphatic carbocycles. The van der Waals surface area contributed by atoms with Gasteiger partial charge in [-0.05, 0) is 104 Å². The molecule has 4 heteroatoms. The highest BCUT2D eigenvalue weighted by Gasteiger charge is 2.38. The lowest BCUT2D eigenvalue weighted by Gasteiger charge is -2.19. The molecule has 2 atom stereocenters. The number of phenols is 1. The quantitative estimate of drug-likeness (QED) is 0.182. The van der Waals surface area contributed by atoms with E-state index in [-0.39, 0.29) is 10.9 Å². The van der Waals surface area contributed by atoms with Gasteiger partial charge >= 0.3 is 0 Å². The molecule has 0 saturated carbocycles. The van der Waals surface area contributed by atoms with Crippen molar-refractivity contribution >= 4 is 10.9 Å². The van der Waals surface area contributed by atoms with Crippen LogP contribution < -0.4 is 4.74 Å². The van der Waals surface area contributed by atoms with E-state index in [4.69, 9.17) is 9.84 Å². The zero-order chi connectivity index (χ0) is 32.4. The lowest BCUT2D eigenvalue weighted by Crippen LogP contribution is -2.15. The van der Waals surface area contributed by atoms with Gasteiger partial charge in [0.05, 0.1) is 5.60 Å². The molecular formula is C41H47O3S+. The molecule has 2 unspecified atom stereocenters. The molecule has 1 aliphatic rings. The van der Waals surface area contributed by atoms with E-state index in [2.05, 4.69) is 94.4 Å². The molecule has 5 aromatic rings. The zero-order valence-electron chi connectivity index (χ0n) is 27.4. The first-order chi connectivity index (χ1) is 21.6. The Labute approximate surface area is 272 Å². The summed E-state index contributed by atoms with van der Waals surface area (Å²) in [6.45, 7) is 12.4. The first kappa shape index (κ1) is 33.9. The summed E-state index contributed by atoms with van der Waals surface area (Å²) in [4.78, 5) is 3.85. The minimum atomic E-state index is -0.728. The van der Waals surface area contributed by atoms with E-state index in [1.165, 1.54) is 25.8 Å². The van der Waals surface area contributed by atoms with Crippen LogP contribution in [0.5, 0.6) is 17.2 Å². The largest absolute Gasteiger partial charge is 0.508 e. The fraction of sp³-hybridized carbons (Fsp3) is 0.268. The number of aromatic hydroxyl groups is 1. The van der Waals surface area contributed by atoms with Crippen molar-refractivity contribution < 1.29 is 14.9 Å². The Morgan fingerprint density at radius 2 is 1.02 bits per heavy atom. The van der Waals surface area contributed by atoms with Crippen molar-refractivity contribution in [3.63, 3.8) is 0 Å². The number of fused-ring (bicyclic) bond motifs is 2. The van der Waals surface area contributed by atoms with Gasteiger partial charge in [0.25, 0.3) is 0 Å². The Balaban J connectivity index is 0.000000163. The fourth-order valence-electron chi connectivity index (χ4n) is 4.95. The molecule has 0 radical (unpaired) electrons. The van der Waals surface area contributed by atoms with Crippen molar-refractivity contribution in [3.05, 3.63) is 144 Å². The molecular weight excluding hydrogens is 573 g/mol. The Morgan fingerprint density at radius 1 is 0.600 bits per heavy atom. The summed E-state index contributed by atoms with van der Waals surface area (Å²) in [5.74, 6) is 3.48. The van der Waals surface area contributed by atoms with Crippen molar-refractivity contribution in [3.8, 4) is 17.2 Å². The van der Waals surface area contributed by atoms with E-state index in [0.717, 1.165) is 29.9 Å². The van der Waals surface area contributed by atoms with Gasteiger partial charge in [0.1, 0.15) is 16.6 Å². The van der Waals surface area contributed by atoms with Gasteiger partial charge in [-0.15, -0.1) is 0 Å². The number of benzene rings is 5. The van der Waals surface area contributed by atoms with Crippen LogP contribution in [0.3, 0.4) is 0 Å². The molecule has 5 aromatic carbocycles. The van der Waals surface area contributed by atoms with Crippen LogP contribution in [0.1, 0.15) is 82.9 Å². The smallest absolute Gasteiger partial charge is 0.209 e. The number of phenolic OH excluding ortho intramolecular Hbond substituents is 1. The molecule has 0 bridgehead atoms. The predicted molar refractivity (Wildman–Crippen MR) is 189 cm³/mol. The molecule has 6 rings (SSSR count). The van der Waals surface area contributed by atoms with E-state index >= 15 is 0 Å². The van der Waals surface area contributed by atoms with Gasteiger partial charge < -0.3 is 14.9 Å². The van der Waals surface area contributed by atoms with Crippen LogP contribution >= 0.6 is 0 Å². The summed E-state index contributed by atoms with van der Waals surface area (Å²) in [5, 5.41) is 18.8. The number of ether oxygens (including phenoxy) is 1. The fourth-order valence-corrected chi connectivity index (χ4v) is 7.17. The standard InChI is InChI=1S/C18H13OS.C13H20O.C10H14O/c1-2-8-14(9-3-1)20-17-12-6-4-10-15(17)19-16-11-5-7-13-18(16)20;1-5-10(2)11-6-8-12(9-7-11)13(3,4)14;1-3-8(2)9-4-6-10(11)7-5-9/h1-13H;6-10,14H,5H2,1-4H3;4-8,11H,3H2,1-2H3/q+1;;. The lowest BCUT2D eigenvalue weighted by atomic mass is 9.93. The number of aliphatic hydroxyl groups is 1. The summed E-state index contributed by atoms with van der Waals surface area (Å²) < 4.78 is 6.04. The van der Waals surface area contributed by atoms with Gasteiger partial charge in [-0.2, -0.15) is 0 Å². The monoisotopic (exact) mass is 619 g/mol. The normalized spacial score (nSPS) is 13.4. The van der Waals surface area contributed by atoms with Crippen molar-refractivity contribution in [2.24, 2.45) is 0 Å². The Bertz CT molecular complexity index is 1560. The summed E-state index contributed by atoms with van der Waals surface area (Å²) >= 11 is 0. The van der Waals surface area contributed by atoms with E-state index in [1.54, 1.807) is 12.1 Å². The number of rotatable bonds is 6. The van der Waals surface area contributed by atoms with E-state index in [1.807, 2.05) is 62.4 Å². The molecule has 1 aliphatic heterocycles. The van der Waals surface area contributed by atoms with Crippen LogP contribution in [-0.2, 0) is 16.5 Å². The van der Waals surface area contributed by atoms with Gasteiger partial charge in [0.2, 0.25) is 9.79 Å². The molecule has 234 valence electrons. The Kier molecular flexibility index (Phi) is 11.9.